The van der Waals surface area contributed by atoms with Gasteiger partial charge in [0.1, 0.15) is 5.75 Å². The minimum absolute atomic E-state index is 0.0158. The van der Waals surface area contributed by atoms with E-state index in [1.807, 2.05) is 11.0 Å². The van der Waals surface area contributed by atoms with Crippen LogP contribution in [0.5, 0.6) is 5.75 Å². The number of amides is 1. The lowest BCUT2D eigenvalue weighted by molar-refractivity contribution is -0.136. The van der Waals surface area contributed by atoms with Crippen molar-refractivity contribution in [1.82, 2.24) is 4.90 Å². The molecule has 0 bridgehead atoms. The summed E-state index contributed by atoms with van der Waals surface area (Å²) in [5, 5.41) is 9.10. The maximum Gasteiger partial charge on any atom is 0.263 e. The number of likely N-dealkylation sites (tertiary alicyclic amines) is 1. The van der Waals surface area contributed by atoms with E-state index in [1.165, 1.54) is 6.07 Å². The van der Waals surface area contributed by atoms with Crippen molar-refractivity contribution in [3.8, 4) is 11.8 Å². The summed E-state index contributed by atoms with van der Waals surface area (Å²) in [5.41, 5.74) is 0.468. The number of rotatable bonds is 3. The number of nitrogens with zero attached hydrogens (tertiary/aromatic N) is 2. The number of ether oxygens (including phenoxy) is 1. The lowest BCUT2D eigenvalue weighted by atomic mass is 10.2. The van der Waals surface area contributed by atoms with Crippen LogP contribution in [0.15, 0.2) is 18.2 Å². The quantitative estimate of drug-likeness (QED) is 0.854. The topological polar surface area (TPSA) is 53.3 Å². The molecule has 0 saturated carbocycles. The van der Waals surface area contributed by atoms with Crippen LogP contribution in [0.25, 0.3) is 0 Å². The van der Waals surface area contributed by atoms with Gasteiger partial charge in [-0.1, -0.05) is 11.6 Å². The molecule has 1 saturated heterocycles. The molecule has 1 aliphatic rings. The van der Waals surface area contributed by atoms with Gasteiger partial charge in [0.05, 0.1) is 16.7 Å². The first-order valence-corrected chi connectivity index (χ1v) is 6.64. The second-order valence-corrected chi connectivity index (χ2v) is 4.96. The third-order valence-electron chi connectivity index (χ3n) is 3.13. The summed E-state index contributed by atoms with van der Waals surface area (Å²) in [6.07, 6.45) is 1.54. The first kappa shape index (κ1) is 13.7. The molecule has 1 fully saturated rings. The van der Waals surface area contributed by atoms with Crippen LogP contribution in [-0.2, 0) is 4.79 Å². The van der Waals surface area contributed by atoms with Crippen LogP contribution in [0.2, 0.25) is 5.02 Å². The summed E-state index contributed by atoms with van der Waals surface area (Å²) in [6.45, 7) is 3.32. The largest absolute Gasteiger partial charge is 0.479 e. The summed E-state index contributed by atoms with van der Waals surface area (Å²) < 4.78 is 5.59. The highest BCUT2D eigenvalue weighted by molar-refractivity contribution is 6.32. The number of nitriles is 1. The highest BCUT2D eigenvalue weighted by atomic mass is 35.5. The first-order valence-electron chi connectivity index (χ1n) is 6.27. The Hall–Kier alpha value is -1.73. The predicted octanol–water partition coefficient (Wildman–Crippen LogP) is 2.60. The normalized spacial score (nSPS) is 15.9. The highest BCUT2D eigenvalue weighted by Crippen LogP contribution is 2.26. The zero-order valence-electron chi connectivity index (χ0n) is 10.7. The molecule has 1 atom stereocenters. The van der Waals surface area contributed by atoms with Crippen LogP contribution in [0.4, 0.5) is 0 Å². The van der Waals surface area contributed by atoms with Crippen molar-refractivity contribution in [2.45, 2.75) is 25.9 Å². The zero-order valence-corrected chi connectivity index (χ0v) is 11.5. The molecule has 1 heterocycles. The minimum atomic E-state index is -0.566. The molecular weight excluding hydrogens is 264 g/mol. The minimum Gasteiger partial charge on any atom is -0.479 e. The number of carbonyl (C=O) groups is 1. The van der Waals surface area contributed by atoms with Crippen molar-refractivity contribution in [2.75, 3.05) is 13.1 Å². The summed E-state index contributed by atoms with van der Waals surface area (Å²) in [7, 11) is 0. The van der Waals surface area contributed by atoms with Gasteiger partial charge in [0, 0.05) is 13.1 Å². The fourth-order valence-corrected chi connectivity index (χ4v) is 2.33. The molecule has 0 radical (unpaired) electrons. The van der Waals surface area contributed by atoms with E-state index in [4.69, 9.17) is 21.6 Å². The molecule has 4 nitrogen and oxygen atoms in total. The van der Waals surface area contributed by atoms with Crippen LogP contribution < -0.4 is 4.74 Å². The molecule has 0 N–H and O–H groups in total. The lowest BCUT2D eigenvalue weighted by Gasteiger charge is -2.21. The summed E-state index contributed by atoms with van der Waals surface area (Å²) in [4.78, 5) is 13.9. The number of hydrogen-bond acceptors (Lipinski definition) is 3. The second-order valence-electron chi connectivity index (χ2n) is 4.55. The standard InChI is InChI=1S/C14H15ClN2O2/c1-10(14(18)17-6-2-3-7-17)19-13-5-4-11(9-16)8-12(13)15/h4-5,8,10H,2-3,6-7H2,1H3. The molecular formula is C14H15ClN2O2. The van der Waals surface area contributed by atoms with E-state index in [9.17, 15) is 4.79 Å². The molecule has 1 aromatic carbocycles. The fourth-order valence-electron chi connectivity index (χ4n) is 2.10. The molecule has 0 aromatic heterocycles. The Morgan fingerprint density at radius 2 is 2.16 bits per heavy atom. The van der Waals surface area contributed by atoms with Crippen molar-refractivity contribution >= 4 is 17.5 Å². The maximum atomic E-state index is 12.1. The summed E-state index contributed by atoms with van der Waals surface area (Å²) in [5.74, 6) is 0.415. The summed E-state index contributed by atoms with van der Waals surface area (Å²) in [6, 6.07) is 6.77. The van der Waals surface area contributed by atoms with Crippen molar-refractivity contribution in [3.63, 3.8) is 0 Å². The Bertz CT molecular complexity index is 519. The molecule has 19 heavy (non-hydrogen) atoms. The average Bonchev–Trinajstić information content (AvgIpc) is 2.94. The van der Waals surface area contributed by atoms with E-state index in [0.29, 0.717) is 16.3 Å². The van der Waals surface area contributed by atoms with E-state index < -0.39 is 6.10 Å². The van der Waals surface area contributed by atoms with Crippen LogP contribution in [0, 0.1) is 11.3 Å². The van der Waals surface area contributed by atoms with Crippen LogP contribution in [0.1, 0.15) is 25.3 Å². The second kappa shape index (κ2) is 5.94. The number of hydrogen-bond donors (Lipinski definition) is 0. The average molecular weight is 279 g/mol. The Balaban J connectivity index is 2.04. The Kier molecular flexibility index (Phi) is 4.28. The van der Waals surface area contributed by atoms with E-state index in [1.54, 1.807) is 19.1 Å². The van der Waals surface area contributed by atoms with Gasteiger partial charge in [0.15, 0.2) is 6.10 Å². The monoisotopic (exact) mass is 278 g/mol. The molecule has 1 aliphatic heterocycles. The third-order valence-corrected chi connectivity index (χ3v) is 3.43. The molecule has 100 valence electrons. The van der Waals surface area contributed by atoms with Gasteiger partial charge >= 0.3 is 0 Å². The van der Waals surface area contributed by atoms with Gasteiger partial charge in [-0.25, -0.2) is 0 Å². The predicted molar refractivity (Wildman–Crippen MR) is 72.1 cm³/mol. The van der Waals surface area contributed by atoms with E-state index >= 15 is 0 Å². The van der Waals surface area contributed by atoms with Crippen LogP contribution in [0.3, 0.4) is 0 Å². The van der Waals surface area contributed by atoms with Gasteiger partial charge in [0.25, 0.3) is 5.91 Å². The lowest BCUT2D eigenvalue weighted by Crippen LogP contribution is -2.38. The zero-order chi connectivity index (χ0) is 13.8. The van der Waals surface area contributed by atoms with Gasteiger partial charge in [-0.3, -0.25) is 4.79 Å². The first-order chi connectivity index (χ1) is 9.11. The molecule has 1 unspecified atom stereocenters. The number of carbonyl (C=O) groups excluding carboxylic acids is 1. The molecule has 5 heteroatoms. The molecule has 2 rings (SSSR count). The Labute approximate surface area is 117 Å². The van der Waals surface area contributed by atoms with Gasteiger partial charge < -0.3 is 9.64 Å². The van der Waals surface area contributed by atoms with Gasteiger partial charge in [0.2, 0.25) is 0 Å². The highest BCUT2D eigenvalue weighted by Gasteiger charge is 2.24. The van der Waals surface area contributed by atoms with Crippen molar-refractivity contribution in [1.29, 1.82) is 5.26 Å². The molecule has 1 amide bonds. The molecule has 0 aliphatic carbocycles. The SMILES string of the molecule is CC(Oc1ccc(C#N)cc1Cl)C(=O)N1CCCC1. The van der Waals surface area contributed by atoms with Crippen molar-refractivity contribution < 1.29 is 9.53 Å². The van der Waals surface area contributed by atoms with Crippen LogP contribution in [-0.4, -0.2) is 30.0 Å². The fraction of sp³-hybridized carbons (Fsp3) is 0.429. The van der Waals surface area contributed by atoms with E-state index in [2.05, 4.69) is 0 Å². The van der Waals surface area contributed by atoms with Crippen molar-refractivity contribution in [2.24, 2.45) is 0 Å². The van der Waals surface area contributed by atoms with Crippen molar-refractivity contribution in [3.05, 3.63) is 28.8 Å². The smallest absolute Gasteiger partial charge is 0.263 e. The molecule has 0 spiro atoms. The Morgan fingerprint density at radius 1 is 1.47 bits per heavy atom. The maximum absolute atomic E-state index is 12.1. The van der Waals surface area contributed by atoms with E-state index in [0.717, 1.165) is 25.9 Å². The number of benzene rings is 1. The third kappa shape index (κ3) is 3.18. The van der Waals surface area contributed by atoms with Gasteiger partial charge in [-0.05, 0) is 38.0 Å². The van der Waals surface area contributed by atoms with E-state index in [-0.39, 0.29) is 5.91 Å². The Morgan fingerprint density at radius 3 is 2.74 bits per heavy atom. The summed E-state index contributed by atoms with van der Waals surface area (Å²) >= 11 is 6.02. The van der Waals surface area contributed by atoms with Gasteiger partial charge in [-0.15, -0.1) is 0 Å². The number of halogens is 1. The molecule has 1 aromatic rings. The van der Waals surface area contributed by atoms with Gasteiger partial charge in [-0.2, -0.15) is 5.26 Å². The van der Waals surface area contributed by atoms with Crippen LogP contribution >= 0.6 is 11.6 Å².